The van der Waals surface area contributed by atoms with Crippen molar-refractivity contribution in [3.8, 4) is 11.5 Å². The van der Waals surface area contributed by atoms with Gasteiger partial charge in [0, 0.05) is 36.4 Å². The van der Waals surface area contributed by atoms with E-state index in [1.165, 1.54) is 0 Å². The minimum absolute atomic E-state index is 0.206. The average Bonchev–Trinajstić information content (AvgIpc) is 3.22. The number of methoxy groups -OCH3 is 1. The number of aromatic nitrogens is 1. The molecule has 1 aromatic heterocycles. The summed E-state index contributed by atoms with van der Waals surface area (Å²) in [5.41, 5.74) is 2.71. The molecule has 3 aromatic rings. The molecular weight excluding hydrogens is 408 g/mol. The van der Waals surface area contributed by atoms with E-state index in [-0.39, 0.29) is 11.7 Å². The number of hydrogen-bond acceptors (Lipinski definition) is 6. The first-order chi connectivity index (χ1) is 15.5. The fourth-order valence-electron chi connectivity index (χ4n) is 3.95. The number of carboxylic acids is 1. The molecule has 0 radical (unpaired) electrons. The van der Waals surface area contributed by atoms with Gasteiger partial charge in [-0.1, -0.05) is 12.1 Å². The minimum atomic E-state index is -0.984. The molecule has 32 heavy (non-hydrogen) atoms. The third kappa shape index (κ3) is 4.84. The Balaban J connectivity index is 1.74. The molecule has 4 rings (SSSR count). The molecule has 0 amide bonds. The smallest absolute Gasteiger partial charge is 0.335 e. The third-order valence-electron chi connectivity index (χ3n) is 5.62. The van der Waals surface area contributed by atoms with E-state index < -0.39 is 12.1 Å². The Morgan fingerprint density at radius 1 is 1.09 bits per heavy atom. The van der Waals surface area contributed by atoms with Crippen LogP contribution in [0.5, 0.6) is 11.5 Å². The van der Waals surface area contributed by atoms with E-state index in [0.29, 0.717) is 18.0 Å². The second kappa shape index (κ2) is 9.70. The highest BCUT2D eigenvalue weighted by Gasteiger charge is 2.28. The zero-order chi connectivity index (χ0) is 22.5. The SMILES string of the molecule is COc1ccc(N(Cc2cccnc2)c2cccc(C(=O)O)c2)cc1OC1CCCC1O. The van der Waals surface area contributed by atoms with Crippen molar-refractivity contribution in [2.45, 2.75) is 38.0 Å². The van der Waals surface area contributed by atoms with Crippen LogP contribution in [0.3, 0.4) is 0 Å². The number of carbonyl (C=O) groups is 1. The van der Waals surface area contributed by atoms with E-state index in [9.17, 15) is 15.0 Å². The van der Waals surface area contributed by atoms with Crippen molar-refractivity contribution in [1.29, 1.82) is 0 Å². The molecule has 0 saturated heterocycles. The third-order valence-corrected chi connectivity index (χ3v) is 5.62. The van der Waals surface area contributed by atoms with Gasteiger partial charge >= 0.3 is 5.97 Å². The number of benzene rings is 2. The number of aliphatic hydroxyl groups excluding tert-OH is 1. The lowest BCUT2D eigenvalue weighted by molar-refractivity contribution is 0.0586. The molecule has 166 valence electrons. The normalized spacial score (nSPS) is 17.7. The molecule has 1 heterocycles. The van der Waals surface area contributed by atoms with Gasteiger partial charge in [0.05, 0.1) is 18.8 Å². The predicted molar refractivity (Wildman–Crippen MR) is 121 cm³/mol. The molecule has 0 spiro atoms. The Bertz CT molecular complexity index is 1070. The van der Waals surface area contributed by atoms with Crippen LogP contribution in [0.4, 0.5) is 11.4 Å². The second-order valence-electron chi connectivity index (χ2n) is 7.79. The fourth-order valence-corrected chi connectivity index (χ4v) is 3.95. The highest BCUT2D eigenvalue weighted by atomic mass is 16.5. The van der Waals surface area contributed by atoms with Crippen LogP contribution in [0, 0.1) is 0 Å². The molecule has 1 fully saturated rings. The molecule has 0 bridgehead atoms. The van der Waals surface area contributed by atoms with Crippen LogP contribution in [0.25, 0.3) is 0 Å². The van der Waals surface area contributed by atoms with Gasteiger partial charge in [-0.15, -0.1) is 0 Å². The number of hydrogen-bond donors (Lipinski definition) is 2. The Morgan fingerprint density at radius 3 is 2.62 bits per heavy atom. The highest BCUT2D eigenvalue weighted by Crippen LogP contribution is 2.38. The van der Waals surface area contributed by atoms with E-state index >= 15 is 0 Å². The van der Waals surface area contributed by atoms with Crippen molar-refractivity contribution >= 4 is 17.3 Å². The van der Waals surface area contributed by atoms with Gasteiger partial charge < -0.3 is 24.6 Å². The number of carboxylic acid groups (broad SMARTS) is 1. The maximum Gasteiger partial charge on any atom is 0.335 e. The summed E-state index contributed by atoms with van der Waals surface area (Å²) < 4.78 is 11.6. The van der Waals surface area contributed by atoms with Crippen LogP contribution in [-0.4, -0.2) is 40.5 Å². The van der Waals surface area contributed by atoms with Crippen molar-refractivity contribution in [3.05, 3.63) is 78.1 Å². The molecule has 1 aliphatic rings. The van der Waals surface area contributed by atoms with Gasteiger partial charge in [-0.05, 0) is 61.2 Å². The van der Waals surface area contributed by atoms with E-state index in [1.807, 2.05) is 41.3 Å². The van der Waals surface area contributed by atoms with Gasteiger partial charge in [-0.2, -0.15) is 0 Å². The number of anilines is 2. The van der Waals surface area contributed by atoms with Gasteiger partial charge in [-0.3, -0.25) is 4.98 Å². The second-order valence-corrected chi connectivity index (χ2v) is 7.79. The highest BCUT2D eigenvalue weighted by molar-refractivity contribution is 5.89. The van der Waals surface area contributed by atoms with Crippen LogP contribution >= 0.6 is 0 Å². The lowest BCUT2D eigenvalue weighted by Crippen LogP contribution is -2.26. The summed E-state index contributed by atoms with van der Waals surface area (Å²) in [4.78, 5) is 17.7. The molecular formula is C25H26N2O5. The quantitative estimate of drug-likeness (QED) is 0.542. The number of rotatable bonds is 8. The Labute approximate surface area is 186 Å². The first kappa shape index (κ1) is 21.6. The summed E-state index contributed by atoms with van der Waals surface area (Å²) in [6.45, 7) is 0.481. The van der Waals surface area contributed by atoms with E-state index in [0.717, 1.165) is 36.2 Å². The van der Waals surface area contributed by atoms with Crippen molar-refractivity contribution in [3.63, 3.8) is 0 Å². The molecule has 1 aliphatic carbocycles. The molecule has 7 nitrogen and oxygen atoms in total. The average molecular weight is 434 g/mol. The first-order valence-electron chi connectivity index (χ1n) is 10.6. The van der Waals surface area contributed by atoms with Gasteiger partial charge in [0.25, 0.3) is 0 Å². The number of ether oxygens (including phenoxy) is 2. The van der Waals surface area contributed by atoms with Crippen molar-refractivity contribution in [1.82, 2.24) is 4.98 Å². The molecule has 2 N–H and O–H groups in total. The van der Waals surface area contributed by atoms with Crippen molar-refractivity contribution in [2.75, 3.05) is 12.0 Å². The summed E-state index contributed by atoms with van der Waals surface area (Å²) in [6.07, 6.45) is 5.15. The number of aromatic carboxylic acids is 1. The van der Waals surface area contributed by atoms with E-state index in [4.69, 9.17) is 9.47 Å². The Kier molecular flexibility index (Phi) is 6.56. The van der Waals surface area contributed by atoms with Crippen LogP contribution in [-0.2, 0) is 6.54 Å². The molecule has 7 heteroatoms. The number of pyridine rings is 1. The molecule has 0 aliphatic heterocycles. The van der Waals surface area contributed by atoms with Gasteiger partial charge in [0.15, 0.2) is 11.5 Å². The monoisotopic (exact) mass is 434 g/mol. The minimum Gasteiger partial charge on any atom is -0.493 e. The zero-order valence-corrected chi connectivity index (χ0v) is 17.8. The Morgan fingerprint density at radius 2 is 1.94 bits per heavy atom. The van der Waals surface area contributed by atoms with Crippen molar-refractivity contribution < 1.29 is 24.5 Å². The number of nitrogens with zero attached hydrogens (tertiary/aromatic N) is 2. The van der Waals surface area contributed by atoms with E-state index in [1.54, 1.807) is 37.7 Å². The largest absolute Gasteiger partial charge is 0.493 e. The lowest BCUT2D eigenvalue weighted by Gasteiger charge is -2.27. The van der Waals surface area contributed by atoms with Crippen LogP contribution < -0.4 is 14.4 Å². The maximum absolute atomic E-state index is 11.5. The fraction of sp³-hybridized carbons (Fsp3) is 0.280. The number of aliphatic hydroxyl groups is 1. The molecule has 2 aromatic carbocycles. The zero-order valence-electron chi connectivity index (χ0n) is 17.8. The predicted octanol–water partition coefficient (Wildman–Crippen LogP) is 4.42. The Hall–Kier alpha value is -3.58. The molecule has 1 saturated carbocycles. The van der Waals surface area contributed by atoms with Crippen LogP contribution in [0.15, 0.2) is 67.0 Å². The summed E-state index contributed by atoms with van der Waals surface area (Å²) in [7, 11) is 1.58. The van der Waals surface area contributed by atoms with Gasteiger partial charge in [0.1, 0.15) is 6.10 Å². The molecule has 2 atom stereocenters. The summed E-state index contributed by atoms with van der Waals surface area (Å²) in [6, 6.07) is 16.2. The van der Waals surface area contributed by atoms with Gasteiger partial charge in [0.2, 0.25) is 0 Å². The van der Waals surface area contributed by atoms with E-state index in [2.05, 4.69) is 4.98 Å². The summed E-state index contributed by atoms with van der Waals surface area (Å²) >= 11 is 0. The van der Waals surface area contributed by atoms with Crippen LogP contribution in [0.2, 0.25) is 0 Å². The standard InChI is InChI=1S/C25H26N2O5/c1-31-23-11-10-20(14-24(23)32-22-9-3-8-21(22)28)27(16-17-5-4-12-26-15-17)19-7-2-6-18(13-19)25(29)30/h2,4-7,10-15,21-22,28H,3,8-9,16H2,1H3,(H,29,30). The lowest BCUT2D eigenvalue weighted by atomic mass is 10.1. The van der Waals surface area contributed by atoms with Gasteiger partial charge in [-0.25, -0.2) is 4.79 Å². The first-order valence-corrected chi connectivity index (χ1v) is 10.6. The van der Waals surface area contributed by atoms with Crippen LogP contribution in [0.1, 0.15) is 35.2 Å². The molecule has 2 unspecified atom stereocenters. The summed E-state index contributed by atoms with van der Waals surface area (Å²) in [5, 5.41) is 19.7. The topological polar surface area (TPSA) is 92.1 Å². The summed E-state index contributed by atoms with van der Waals surface area (Å²) in [5.74, 6) is 0.136. The maximum atomic E-state index is 11.5. The van der Waals surface area contributed by atoms with Crippen molar-refractivity contribution in [2.24, 2.45) is 0 Å².